The number of nitrogens with one attached hydrogen (secondary N) is 1. The lowest BCUT2D eigenvalue weighted by atomic mass is 10.1. The monoisotopic (exact) mass is 262 g/mol. The van der Waals surface area contributed by atoms with Crippen molar-refractivity contribution in [3.8, 4) is 0 Å². The molecule has 0 bridgehead atoms. The number of benzene rings is 1. The molecule has 1 aromatic heterocycles. The number of anilines is 1. The van der Waals surface area contributed by atoms with E-state index in [1.807, 2.05) is 43.3 Å². The van der Waals surface area contributed by atoms with Crippen molar-refractivity contribution in [2.24, 2.45) is 0 Å². The van der Waals surface area contributed by atoms with Crippen LogP contribution in [0.1, 0.15) is 17.4 Å². The molecule has 5 heteroatoms. The largest absolute Gasteiger partial charge is 0.367 e. The van der Waals surface area contributed by atoms with E-state index in [9.17, 15) is 4.79 Å². The van der Waals surface area contributed by atoms with Crippen LogP contribution in [0.2, 0.25) is 0 Å². The van der Waals surface area contributed by atoms with E-state index in [1.165, 1.54) is 18.6 Å². The molecule has 1 heterocycles. The molecule has 0 aliphatic carbocycles. The summed E-state index contributed by atoms with van der Waals surface area (Å²) < 4.78 is 9.36. The molecule has 1 aromatic carbocycles. The molecule has 1 N–H and O–H groups in total. The lowest BCUT2D eigenvalue weighted by Crippen LogP contribution is -2.22. The third-order valence-corrected chi connectivity index (χ3v) is 3.25. The van der Waals surface area contributed by atoms with Gasteiger partial charge in [-0.2, -0.15) is 4.37 Å². The van der Waals surface area contributed by atoms with Gasteiger partial charge in [-0.25, -0.2) is 0 Å². The van der Waals surface area contributed by atoms with Crippen LogP contribution in [-0.2, 0) is 9.53 Å². The van der Waals surface area contributed by atoms with Crippen molar-refractivity contribution in [2.45, 2.75) is 13.0 Å². The first-order valence-corrected chi connectivity index (χ1v) is 6.30. The van der Waals surface area contributed by atoms with Gasteiger partial charge in [0.1, 0.15) is 5.00 Å². The summed E-state index contributed by atoms with van der Waals surface area (Å²) in [6.45, 7) is 1.89. The quantitative estimate of drug-likeness (QED) is 0.921. The zero-order valence-electron chi connectivity index (χ0n) is 10.2. The number of hydrogen-bond acceptors (Lipinski definition) is 4. The summed E-state index contributed by atoms with van der Waals surface area (Å²) in [6, 6.07) is 11.2. The van der Waals surface area contributed by atoms with E-state index in [1.54, 1.807) is 0 Å². The zero-order chi connectivity index (χ0) is 13.0. The number of aryl methyl sites for hydroxylation is 1. The Morgan fingerprint density at radius 2 is 2.11 bits per heavy atom. The molecule has 0 aliphatic rings. The molecule has 0 aliphatic heterocycles. The summed E-state index contributed by atoms with van der Waals surface area (Å²) in [5.41, 5.74) is 1.72. The van der Waals surface area contributed by atoms with Crippen LogP contribution >= 0.6 is 11.5 Å². The fourth-order valence-corrected chi connectivity index (χ4v) is 2.30. The smallest absolute Gasteiger partial charge is 0.258 e. The van der Waals surface area contributed by atoms with Crippen molar-refractivity contribution in [3.05, 3.63) is 47.7 Å². The molecule has 0 unspecified atom stereocenters. The molecule has 0 saturated carbocycles. The number of methoxy groups -OCH3 is 1. The predicted molar refractivity (Wildman–Crippen MR) is 71.7 cm³/mol. The van der Waals surface area contributed by atoms with Crippen molar-refractivity contribution in [1.82, 2.24) is 4.37 Å². The first-order valence-electron chi connectivity index (χ1n) is 5.52. The van der Waals surface area contributed by atoms with Crippen molar-refractivity contribution >= 4 is 22.4 Å². The number of carbonyl (C=O) groups is 1. The highest BCUT2D eigenvalue weighted by Gasteiger charge is 2.20. The van der Waals surface area contributed by atoms with Crippen LogP contribution in [-0.4, -0.2) is 17.4 Å². The van der Waals surface area contributed by atoms with Crippen LogP contribution < -0.4 is 5.32 Å². The van der Waals surface area contributed by atoms with Gasteiger partial charge in [0.2, 0.25) is 0 Å². The summed E-state index contributed by atoms with van der Waals surface area (Å²) in [6.07, 6.45) is -0.603. The Morgan fingerprint density at radius 3 is 2.67 bits per heavy atom. The first kappa shape index (κ1) is 12.7. The Labute approximate surface area is 110 Å². The van der Waals surface area contributed by atoms with E-state index in [4.69, 9.17) is 4.74 Å². The van der Waals surface area contributed by atoms with Crippen molar-refractivity contribution in [2.75, 3.05) is 12.4 Å². The zero-order valence-corrected chi connectivity index (χ0v) is 11.0. The van der Waals surface area contributed by atoms with E-state index >= 15 is 0 Å². The van der Waals surface area contributed by atoms with Gasteiger partial charge in [-0.3, -0.25) is 4.79 Å². The number of nitrogens with zero attached hydrogens (tertiary/aromatic N) is 1. The SMILES string of the molecule is CO[C@H](C(=O)Nc1cc(C)ns1)c1ccccc1. The predicted octanol–water partition coefficient (Wildman–Crippen LogP) is 2.78. The van der Waals surface area contributed by atoms with Crippen LogP contribution in [0.15, 0.2) is 36.4 Å². The second-order valence-electron chi connectivity index (χ2n) is 3.85. The molecule has 0 saturated heterocycles. The highest BCUT2D eigenvalue weighted by Crippen LogP contribution is 2.21. The molecule has 18 heavy (non-hydrogen) atoms. The Bertz CT molecular complexity index is 525. The molecule has 0 spiro atoms. The summed E-state index contributed by atoms with van der Waals surface area (Å²) >= 11 is 1.26. The van der Waals surface area contributed by atoms with Crippen molar-refractivity contribution in [1.29, 1.82) is 0 Å². The van der Waals surface area contributed by atoms with Gasteiger partial charge >= 0.3 is 0 Å². The third kappa shape index (κ3) is 2.94. The summed E-state index contributed by atoms with van der Waals surface area (Å²) in [5, 5.41) is 3.54. The minimum atomic E-state index is -0.603. The average molecular weight is 262 g/mol. The van der Waals surface area contributed by atoms with E-state index in [0.717, 1.165) is 16.3 Å². The highest BCUT2D eigenvalue weighted by atomic mass is 32.1. The molecule has 1 atom stereocenters. The number of aromatic nitrogens is 1. The van der Waals surface area contributed by atoms with E-state index in [2.05, 4.69) is 9.69 Å². The Morgan fingerprint density at radius 1 is 1.39 bits per heavy atom. The van der Waals surface area contributed by atoms with Crippen LogP contribution in [0.4, 0.5) is 5.00 Å². The molecular formula is C13H14N2O2S. The van der Waals surface area contributed by atoms with Gasteiger partial charge in [-0.1, -0.05) is 30.3 Å². The number of carbonyl (C=O) groups excluding carboxylic acids is 1. The minimum absolute atomic E-state index is 0.188. The van der Waals surface area contributed by atoms with Gasteiger partial charge in [-0.05, 0) is 30.1 Å². The maximum absolute atomic E-state index is 12.1. The van der Waals surface area contributed by atoms with Gasteiger partial charge in [0, 0.05) is 7.11 Å². The van der Waals surface area contributed by atoms with E-state index in [0.29, 0.717) is 0 Å². The Hall–Kier alpha value is -1.72. The highest BCUT2D eigenvalue weighted by molar-refractivity contribution is 7.10. The maximum Gasteiger partial charge on any atom is 0.258 e. The maximum atomic E-state index is 12.1. The van der Waals surface area contributed by atoms with Gasteiger partial charge in [0.15, 0.2) is 6.10 Å². The molecule has 2 aromatic rings. The number of rotatable bonds is 4. The van der Waals surface area contributed by atoms with E-state index < -0.39 is 6.10 Å². The third-order valence-electron chi connectivity index (χ3n) is 2.45. The van der Waals surface area contributed by atoms with Crippen molar-refractivity contribution < 1.29 is 9.53 Å². The van der Waals surface area contributed by atoms with Crippen molar-refractivity contribution in [3.63, 3.8) is 0 Å². The standard InChI is InChI=1S/C13H14N2O2S/c1-9-8-11(18-15-9)14-13(16)12(17-2)10-6-4-3-5-7-10/h3-8,12H,1-2H3,(H,14,16)/t12-/m0/s1. The normalized spacial score (nSPS) is 12.1. The lowest BCUT2D eigenvalue weighted by molar-refractivity contribution is -0.126. The summed E-state index contributed by atoms with van der Waals surface area (Å²) in [7, 11) is 1.52. The summed E-state index contributed by atoms with van der Waals surface area (Å²) in [5.74, 6) is -0.188. The molecule has 94 valence electrons. The van der Waals surface area contributed by atoms with Gasteiger partial charge < -0.3 is 10.1 Å². The van der Waals surface area contributed by atoms with Gasteiger partial charge in [0.05, 0.1) is 5.69 Å². The lowest BCUT2D eigenvalue weighted by Gasteiger charge is -2.14. The van der Waals surface area contributed by atoms with Gasteiger partial charge in [-0.15, -0.1) is 0 Å². The van der Waals surface area contributed by atoms with Gasteiger partial charge in [0.25, 0.3) is 5.91 Å². The fraction of sp³-hybridized carbons (Fsp3) is 0.231. The topological polar surface area (TPSA) is 51.2 Å². The van der Waals surface area contributed by atoms with Crippen LogP contribution in [0.3, 0.4) is 0 Å². The second kappa shape index (κ2) is 5.75. The Kier molecular flexibility index (Phi) is 4.07. The average Bonchev–Trinajstić information content (AvgIpc) is 2.77. The molecule has 0 fully saturated rings. The molecular weight excluding hydrogens is 248 g/mol. The van der Waals surface area contributed by atoms with Crippen LogP contribution in [0.25, 0.3) is 0 Å². The molecule has 0 radical (unpaired) electrons. The Balaban J connectivity index is 2.11. The minimum Gasteiger partial charge on any atom is -0.367 e. The number of hydrogen-bond donors (Lipinski definition) is 1. The van der Waals surface area contributed by atoms with Crippen LogP contribution in [0.5, 0.6) is 0 Å². The van der Waals surface area contributed by atoms with E-state index in [-0.39, 0.29) is 5.91 Å². The second-order valence-corrected chi connectivity index (χ2v) is 4.65. The fourth-order valence-electron chi connectivity index (χ4n) is 1.63. The molecule has 4 nitrogen and oxygen atoms in total. The number of ether oxygens (including phenoxy) is 1. The number of amides is 1. The summed E-state index contributed by atoms with van der Waals surface area (Å²) in [4.78, 5) is 12.1. The molecule has 2 rings (SSSR count). The molecule has 1 amide bonds. The first-order chi connectivity index (χ1) is 8.70. The van der Waals surface area contributed by atoms with Crippen LogP contribution in [0, 0.1) is 6.92 Å².